The van der Waals surface area contributed by atoms with Crippen molar-refractivity contribution in [1.82, 2.24) is 24.3 Å². The van der Waals surface area contributed by atoms with Crippen molar-refractivity contribution in [3.8, 4) is 0 Å². The van der Waals surface area contributed by atoms with Gasteiger partial charge in [0.2, 0.25) is 5.91 Å². The van der Waals surface area contributed by atoms with E-state index in [0.29, 0.717) is 12.6 Å². The van der Waals surface area contributed by atoms with Gasteiger partial charge in [0.15, 0.2) is 0 Å². The number of hydrogen-bond donors (Lipinski definition) is 0. The second-order valence-electron chi connectivity index (χ2n) is 9.13. The maximum atomic E-state index is 13.9. The third kappa shape index (κ3) is 3.81. The average molecular weight is 436 g/mol. The summed E-state index contributed by atoms with van der Waals surface area (Å²) < 4.78 is 2.15. The van der Waals surface area contributed by atoms with Gasteiger partial charge in [0.05, 0.1) is 17.4 Å². The molecule has 0 saturated carbocycles. The number of rotatable bonds is 6. The molecule has 0 unspecified atom stereocenters. The van der Waals surface area contributed by atoms with E-state index >= 15 is 0 Å². The Labute approximate surface area is 187 Å². The van der Waals surface area contributed by atoms with Gasteiger partial charge in [-0.2, -0.15) is 0 Å². The van der Waals surface area contributed by atoms with E-state index in [9.17, 15) is 4.79 Å². The first-order valence-corrected chi connectivity index (χ1v) is 11.9. The van der Waals surface area contributed by atoms with Crippen LogP contribution in [0.25, 0.3) is 0 Å². The maximum absolute atomic E-state index is 13.9. The van der Waals surface area contributed by atoms with Crippen LogP contribution in [0, 0.1) is 5.41 Å². The Morgan fingerprint density at radius 2 is 2.06 bits per heavy atom. The van der Waals surface area contributed by atoms with Crippen molar-refractivity contribution >= 4 is 17.2 Å². The maximum Gasteiger partial charge on any atom is 0.231 e. The lowest BCUT2D eigenvalue weighted by Crippen LogP contribution is -2.39. The minimum atomic E-state index is -0.388. The molecule has 0 radical (unpaired) electrons. The van der Waals surface area contributed by atoms with E-state index < -0.39 is 0 Å². The molecule has 0 N–H and O–H groups in total. The molecule has 1 amide bonds. The topological polar surface area (TPSA) is 54.3 Å². The minimum absolute atomic E-state index is 0.127. The zero-order valence-electron chi connectivity index (χ0n) is 18.1. The predicted molar refractivity (Wildman–Crippen MR) is 122 cm³/mol. The fourth-order valence-electron chi connectivity index (χ4n) is 5.13. The zero-order valence-corrected chi connectivity index (χ0v) is 19.0. The fourth-order valence-corrected chi connectivity index (χ4v) is 5.88. The van der Waals surface area contributed by atoms with Crippen LogP contribution in [-0.4, -0.2) is 49.9 Å². The SMILES string of the molecule is CC(C)n1cnc([C@@H]2CN(Cc3cccs3)C[C@]23CCN(Cc2ccncc2)C3=O)c1. The van der Waals surface area contributed by atoms with Crippen molar-refractivity contribution in [2.45, 2.75) is 45.3 Å². The molecule has 3 aromatic rings. The molecule has 5 rings (SSSR count). The van der Waals surface area contributed by atoms with E-state index in [1.807, 2.05) is 23.4 Å². The summed E-state index contributed by atoms with van der Waals surface area (Å²) >= 11 is 1.79. The molecule has 2 atom stereocenters. The molecule has 2 saturated heterocycles. The van der Waals surface area contributed by atoms with Gasteiger partial charge in [0, 0.05) is 68.2 Å². The number of amides is 1. The predicted octanol–water partition coefficient (Wildman–Crippen LogP) is 3.94. The highest BCUT2D eigenvalue weighted by Crippen LogP contribution is 2.50. The number of carbonyl (C=O) groups excluding carboxylic acids is 1. The number of pyridine rings is 1. The molecule has 0 aromatic carbocycles. The number of thiophene rings is 1. The highest BCUT2D eigenvalue weighted by Gasteiger charge is 2.57. The minimum Gasteiger partial charge on any atom is -0.338 e. The van der Waals surface area contributed by atoms with Gasteiger partial charge in [-0.05, 0) is 49.4 Å². The number of nitrogens with zero attached hydrogens (tertiary/aromatic N) is 5. The first-order chi connectivity index (χ1) is 15.0. The molecule has 0 bridgehead atoms. The Hall–Kier alpha value is -2.51. The highest BCUT2D eigenvalue weighted by molar-refractivity contribution is 7.09. The molecule has 2 aliphatic rings. The number of hydrogen-bond acceptors (Lipinski definition) is 5. The molecular formula is C24H29N5OS. The molecule has 6 nitrogen and oxygen atoms in total. The van der Waals surface area contributed by atoms with E-state index in [0.717, 1.165) is 43.9 Å². The normalized spacial score (nSPS) is 24.2. The Kier molecular flexibility index (Phi) is 5.40. The van der Waals surface area contributed by atoms with Crippen LogP contribution < -0.4 is 0 Å². The molecule has 1 spiro atoms. The summed E-state index contributed by atoms with van der Waals surface area (Å²) in [6.45, 7) is 8.36. The summed E-state index contributed by atoms with van der Waals surface area (Å²) in [7, 11) is 0. The van der Waals surface area contributed by atoms with Crippen molar-refractivity contribution in [1.29, 1.82) is 0 Å². The first-order valence-electron chi connectivity index (χ1n) is 11.0. The van der Waals surface area contributed by atoms with E-state index in [1.54, 1.807) is 23.7 Å². The Balaban J connectivity index is 1.43. The van der Waals surface area contributed by atoms with Gasteiger partial charge in [-0.1, -0.05) is 6.07 Å². The van der Waals surface area contributed by atoms with Gasteiger partial charge < -0.3 is 9.47 Å². The first kappa shape index (κ1) is 20.4. The molecule has 0 aliphatic carbocycles. The Morgan fingerprint density at radius 3 is 2.77 bits per heavy atom. The van der Waals surface area contributed by atoms with Gasteiger partial charge in [-0.15, -0.1) is 11.3 Å². The second-order valence-corrected chi connectivity index (χ2v) is 10.2. The number of carbonyl (C=O) groups is 1. The highest BCUT2D eigenvalue weighted by atomic mass is 32.1. The molecule has 3 aromatic heterocycles. The standard InChI is InChI=1S/C24H29N5OS/c1-18(2)29-15-22(26-17-29)21-14-27(13-20-4-3-11-31-20)16-24(21)7-10-28(23(24)30)12-19-5-8-25-9-6-19/h3-6,8-9,11,15,17-18,21H,7,10,12-14,16H2,1-2H3/t21-,24+/m0/s1. The van der Waals surface area contributed by atoms with Gasteiger partial charge in [0.1, 0.15) is 0 Å². The molecular weight excluding hydrogens is 406 g/mol. The monoisotopic (exact) mass is 435 g/mol. The Morgan fingerprint density at radius 1 is 1.23 bits per heavy atom. The Bertz CT molecular complexity index is 1030. The van der Waals surface area contributed by atoms with E-state index in [1.165, 1.54) is 4.88 Å². The lowest BCUT2D eigenvalue weighted by atomic mass is 9.75. The molecule has 31 heavy (non-hydrogen) atoms. The van der Waals surface area contributed by atoms with E-state index in [4.69, 9.17) is 4.98 Å². The summed E-state index contributed by atoms with van der Waals surface area (Å²) in [5.41, 5.74) is 1.80. The van der Waals surface area contributed by atoms with Gasteiger partial charge in [0.25, 0.3) is 0 Å². The van der Waals surface area contributed by atoms with Crippen LogP contribution in [0.15, 0.2) is 54.6 Å². The molecule has 162 valence electrons. The van der Waals surface area contributed by atoms with Crippen LogP contribution >= 0.6 is 11.3 Å². The second kappa shape index (κ2) is 8.20. The van der Waals surface area contributed by atoms with Crippen LogP contribution in [0.5, 0.6) is 0 Å². The van der Waals surface area contributed by atoms with Crippen molar-refractivity contribution in [2.75, 3.05) is 19.6 Å². The van der Waals surface area contributed by atoms with Crippen LogP contribution in [0.3, 0.4) is 0 Å². The molecule has 7 heteroatoms. The summed E-state index contributed by atoms with van der Waals surface area (Å²) in [5, 5.41) is 2.13. The summed E-state index contributed by atoms with van der Waals surface area (Å²) in [6.07, 6.45) is 8.56. The molecule has 5 heterocycles. The summed E-state index contributed by atoms with van der Waals surface area (Å²) in [5.74, 6) is 0.407. The van der Waals surface area contributed by atoms with Gasteiger partial charge in [-0.3, -0.25) is 14.7 Å². The van der Waals surface area contributed by atoms with Crippen molar-refractivity contribution in [3.05, 3.63) is 70.7 Å². The number of imidazole rings is 1. The van der Waals surface area contributed by atoms with Crippen LogP contribution in [0.2, 0.25) is 0 Å². The van der Waals surface area contributed by atoms with Gasteiger partial charge >= 0.3 is 0 Å². The van der Waals surface area contributed by atoms with Crippen LogP contribution in [0.1, 0.15) is 48.4 Å². The fraction of sp³-hybridized carbons (Fsp3) is 0.458. The molecule has 2 aliphatic heterocycles. The third-order valence-corrected chi connectivity index (χ3v) is 7.67. The lowest BCUT2D eigenvalue weighted by molar-refractivity contribution is -0.136. The average Bonchev–Trinajstić information content (AvgIpc) is 3.55. The van der Waals surface area contributed by atoms with Gasteiger partial charge in [-0.25, -0.2) is 4.98 Å². The van der Waals surface area contributed by atoms with Crippen molar-refractivity contribution < 1.29 is 4.79 Å². The largest absolute Gasteiger partial charge is 0.338 e. The van der Waals surface area contributed by atoms with E-state index in [2.05, 4.69) is 52.0 Å². The summed E-state index contributed by atoms with van der Waals surface area (Å²) in [6, 6.07) is 8.65. The smallest absolute Gasteiger partial charge is 0.231 e. The van der Waals surface area contributed by atoms with Crippen molar-refractivity contribution in [2.24, 2.45) is 5.41 Å². The lowest BCUT2D eigenvalue weighted by Gasteiger charge is -2.28. The number of likely N-dealkylation sites (tertiary alicyclic amines) is 2. The number of aromatic nitrogens is 3. The molecule has 2 fully saturated rings. The third-order valence-electron chi connectivity index (χ3n) is 6.81. The summed E-state index contributed by atoms with van der Waals surface area (Å²) in [4.78, 5) is 28.6. The van der Waals surface area contributed by atoms with Crippen LogP contribution in [-0.2, 0) is 17.9 Å². The van der Waals surface area contributed by atoms with E-state index in [-0.39, 0.29) is 17.2 Å². The zero-order chi connectivity index (χ0) is 21.4. The quantitative estimate of drug-likeness (QED) is 0.589. The van der Waals surface area contributed by atoms with Crippen molar-refractivity contribution in [3.63, 3.8) is 0 Å². The van der Waals surface area contributed by atoms with Crippen LogP contribution in [0.4, 0.5) is 0 Å².